The zero-order valence-electron chi connectivity index (χ0n) is 16.0. The van der Waals surface area contributed by atoms with Gasteiger partial charge in [-0.25, -0.2) is 0 Å². The van der Waals surface area contributed by atoms with E-state index in [0.717, 1.165) is 5.56 Å². The fourth-order valence-corrected chi connectivity index (χ4v) is 8.06. The largest absolute Gasteiger partial charge is 1.00 e. The minimum atomic E-state index is -2.05. The van der Waals surface area contributed by atoms with Crippen molar-refractivity contribution in [3.8, 4) is 0 Å². The first-order valence-corrected chi connectivity index (χ1v) is 11.4. The maximum Gasteiger partial charge on any atom is 0.115 e. The van der Waals surface area contributed by atoms with Crippen molar-refractivity contribution in [3.05, 3.63) is 121 Å². The molecule has 3 aromatic carbocycles. The normalized spacial score (nSPS) is 12.0. The van der Waals surface area contributed by atoms with Gasteiger partial charge in [0.15, 0.2) is 0 Å². The van der Waals surface area contributed by atoms with Crippen molar-refractivity contribution in [2.45, 2.75) is 6.10 Å². The topological polar surface area (TPSA) is 33.1 Å². The minimum Gasteiger partial charge on any atom is -1.00 e. The Kier molecular flexibility index (Phi) is 7.33. The third-order valence-corrected chi connectivity index (χ3v) is 9.56. The lowest BCUT2D eigenvalue weighted by molar-refractivity contribution is -0.00000721. The van der Waals surface area contributed by atoms with Gasteiger partial charge >= 0.3 is 0 Å². The molecule has 0 aliphatic carbocycles. The summed E-state index contributed by atoms with van der Waals surface area (Å²) in [6.07, 6.45) is 3.56. The second-order valence-electron chi connectivity index (χ2n) is 6.80. The Morgan fingerprint density at radius 2 is 1.00 bits per heavy atom. The van der Waals surface area contributed by atoms with Gasteiger partial charge < -0.3 is 22.1 Å². The van der Waals surface area contributed by atoms with E-state index in [0.29, 0.717) is 6.16 Å². The van der Waals surface area contributed by atoms with Crippen LogP contribution in [0.5, 0.6) is 0 Å². The molecule has 0 amide bonds. The van der Waals surface area contributed by atoms with Gasteiger partial charge in [-0.1, -0.05) is 54.6 Å². The monoisotopic (exact) mass is 463 g/mol. The van der Waals surface area contributed by atoms with E-state index in [1.165, 1.54) is 15.9 Å². The summed E-state index contributed by atoms with van der Waals surface area (Å²) in [7, 11) is -2.05. The number of pyridine rings is 1. The third-order valence-electron chi connectivity index (χ3n) is 5.13. The average molecular weight is 464 g/mol. The van der Waals surface area contributed by atoms with Crippen molar-refractivity contribution in [2.24, 2.45) is 0 Å². The van der Waals surface area contributed by atoms with Crippen LogP contribution in [0.25, 0.3) is 0 Å². The van der Waals surface area contributed by atoms with E-state index < -0.39 is 13.4 Å². The molecule has 1 unspecified atom stereocenters. The molecule has 0 aliphatic heterocycles. The van der Waals surface area contributed by atoms with Gasteiger partial charge in [0, 0.05) is 12.4 Å². The van der Waals surface area contributed by atoms with Crippen LogP contribution in [0, 0.1) is 0 Å². The first-order valence-electron chi connectivity index (χ1n) is 9.43. The molecule has 4 rings (SSSR count). The quantitative estimate of drug-likeness (QED) is 0.434. The molecule has 146 valence electrons. The number of benzene rings is 3. The predicted octanol–water partition coefficient (Wildman–Crippen LogP) is 1.11. The Hall–Kier alpha value is -2.32. The lowest BCUT2D eigenvalue weighted by Crippen LogP contribution is -3.00. The van der Waals surface area contributed by atoms with E-state index in [-0.39, 0.29) is 17.0 Å². The highest BCUT2D eigenvalue weighted by Crippen LogP contribution is 2.57. The number of hydrogen-bond donors (Lipinski definition) is 1. The van der Waals surface area contributed by atoms with E-state index in [1.54, 1.807) is 12.4 Å². The van der Waals surface area contributed by atoms with Gasteiger partial charge in [0.25, 0.3) is 0 Å². The van der Waals surface area contributed by atoms with E-state index in [4.69, 9.17) is 0 Å². The van der Waals surface area contributed by atoms with Crippen molar-refractivity contribution < 1.29 is 22.1 Å². The van der Waals surface area contributed by atoms with Crippen LogP contribution in [-0.4, -0.2) is 16.3 Å². The first kappa shape index (κ1) is 21.4. The van der Waals surface area contributed by atoms with Crippen LogP contribution in [-0.2, 0) is 0 Å². The Morgan fingerprint density at radius 3 is 1.38 bits per heavy atom. The second kappa shape index (κ2) is 9.93. The van der Waals surface area contributed by atoms with Crippen molar-refractivity contribution in [3.63, 3.8) is 0 Å². The number of aliphatic hydroxyl groups excluding tert-OH is 1. The van der Waals surface area contributed by atoms with Crippen LogP contribution in [0.3, 0.4) is 0 Å². The van der Waals surface area contributed by atoms with Crippen LogP contribution in [0.15, 0.2) is 116 Å². The Labute approximate surface area is 183 Å². The summed E-state index contributed by atoms with van der Waals surface area (Å²) in [6, 6.07) is 35.7. The van der Waals surface area contributed by atoms with Gasteiger partial charge in [0.05, 0.1) is 0 Å². The van der Waals surface area contributed by atoms with Gasteiger partial charge in [0.1, 0.15) is 35.4 Å². The second-order valence-corrected chi connectivity index (χ2v) is 10.3. The SMILES string of the molecule is OC(C[P+](c1ccccc1)(c1ccccc1)c1ccccc1)c1ccncc1.[Br-]. The van der Waals surface area contributed by atoms with Crippen LogP contribution >= 0.6 is 7.26 Å². The highest BCUT2D eigenvalue weighted by Gasteiger charge is 2.47. The molecule has 4 aromatic rings. The molecule has 0 spiro atoms. The number of aliphatic hydroxyl groups is 1. The molecule has 0 saturated carbocycles. The van der Waals surface area contributed by atoms with Crippen LogP contribution in [0.2, 0.25) is 0 Å². The summed E-state index contributed by atoms with van der Waals surface area (Å²) in [5.41, 5.74) is 0.905. The Balaban J connectivity index is 0.00000240. The maximum atomic E-state index is 11.2. The molecule has 29 heavy (non-hydrogen) atoms. The van der Waals surface area contributed by atoms with Crippen molar-refractivity contribution in [1.29, 1.82) is 0 Å². The number of rotatable bonds is 6. The average Bonchev–Trinajstić information content (AvgIpc) is 2.80. The van der Waals surface area contributed by atoms with Crippen LogP contribution in [0.1, 0.15) is 11.7 Å². The van der Waals surface area contributed by atoms with Gasteiger partial charge in [-0.3, -0.25) is 4.98 Å². The van der Waals surface area contributed by atoms with Gasteiger partial charge in [-0.15, -0.1) is 0 Å². The summed E-state index contributed by atoms with van der Waals surface area (Å²) in [5.74, 6) is 0. The van der Waals surface area contributed by atoms with Gasteiger partial charge in [-0.05, 0) is 54.1 Å². The van der Waals surface area contributed by atoms with E-state index in [1.807, 2.05) is 30.3 Å². The molecular formula is C25H23BrNOP. The zero-order valence-corrected chi connectivity index (χ0v) is 18.5. The molecule has 0 fully saturated rings. The fourth-order valence-electron chi connectivity index (χ4n) is 3.76. The predicted molar refractivity (Wildman–Crippen MR) is 119 cm³/mol. The molecule has 2 nitrogen and oxygen atoms in total. The highest BCUT2D eigenvalue weighted by atomic mass is 79.9. The third kappa shape index (κ3) is 4.48. The number of aromatic nitrogens is 1. The van der Waals surface area contributed by atoms with Crippen LogP contribution in [0.4, 0.5) is 0 Å². The standard InChI is InChI=1S/C25H23NOP.BrH/c27-25(21-16-18-26-19-17-21)20-28(22-10-4-1-5-11-22,23-12-6-2-7-13-23)24-14-8-3-9-15-24;/h1-19,25,27H,20H2;1H/q+1;/p-1. The van der Waals surface area contributed by atoms with E-state index in [9.17, 15) is 5.11 Å². The summed E-state index contributed by atoms with van der Waals surface area (Å²) in [6.45, 7) is 0. The molecule has 1 aromatic heterocycles. The number of nitrogens with zero attached hydrogens (tertiary/aromatic N) is 1. The number of hydrogen-bond acceptors (Lipinski definition) is 2. The van der Waals surface area contributed by atoms with Crippen molar-refractivity contribution in [2.75, 3.05) is 6.16 Å². The van der Waals surface area contributed by atoms with Gasteiger partial charge in [-0.2, -0.15) is 0 Å². The molecule has 0 bridgehead atoms. The first-order chi connectivity index (χ1) is 13.8. The highest BCUT2D eigenvalue weighted by molar-refractivity contribution is 7.95. The molecule has 1 atom stereocenters. The summed E-state index contributed by atoms with van der Waals surface area (Å²) >= 11 is 0. The smallest absolute Gasteiger partial charge is 0.115 e. The molecule has 1 N–H and O–H groups in total. The van der Waals surface area contributed by atoms with E-state index in [2.05, 4.69) is 77.8 Å². The molecule has 4 heteroatoms. The summed E-state index contributed by atoms with van der Waals surface area (Å²) in [4.78, 5) is 4.10. The zero-order chi connectivity index (χ0) is 19.2. The van der Waals surface area contributed by atoms with E-state index >= 15 is 0 Å². The molecule has 0 aliphatic rings. The molecule has 1 heterocycles. The van der Waals surface area contributed by atoms with Crippen molar-refractivity contribution in [1.82, 2.24) is 4.98 Å². The van der Waals surface area contributed by atoms with Crippen LogP contribution < -0.4 is 32.9 Å². The summed E-state index contributed by atoms with van der Waals surface area (Å²) < 4.78 is 0. The van der Waals surface area contributed by atoms with Crippen molar-refractivity contribution >= 4 is 23.2 Å². The number of halogens is 1. The maximum absolute atomic E-state index is 11.2. The van der Waals surface area contributed by atoms with Gasteiger partial charge in [0.2, 0.25) is 0 Å². The lowest BCUT2D eigenvalue weighted by atomic mass is 10.2. The molecule has 0 saturated heterocycles. The molecular weight excluding hydrogens is 441 g/mol. The Morgan fingerprint density at radius 1 is 0.621 bits per heavy atom. The Bertz CT molecular complexity index is 901. The summed E-state index contributed by atoms with van der Waals surface area (Å²) in [5, 5.41) is 15.1. The minimum absolute atomic E-state index is 0. The fraction of sp³-hybridized carbons (Fsp3) is 0.0800. The molecule has 0 radical (unpaired) electrons. The lowest BCUT2D eigenvalue weighted by Gasteiger charge is -2.29.